The van der Waals surface area contributed by atoms with Gasteiger partial charge in [0.2, 0.25) is 5.91 Å². The number of amides is 1. The molecule has 5 rings (SSSR count). The fraction of sp³-hybridized carbons (Fsp3) is 0.464. The maximum Gasteiger partial charge on any atom is 0.246 e. The molecule has 3 heterocycles. The number of fused-ring (bicyclic) bond motifs is 2. The molecule has 198 valence electrons. The maximum absolute atomic E-state index is 13.3. The van der Waals surface area contributed by atoms with Gasteiger partial charge in [-0.1, -0.05) is 17.7 Å². The van der Waals surface area contributed by atoms with Crippen molar-refractivity contribution in [1.82, 2.24) is 9.80 Å². The topological polar surface area (TPSA) is 73.2 Å². The first-order valence-electron chi connectivity index (χ1n) is 12.7. The first-order chi connectivity index (χ1) is 17.7. The Morgan fingerprint density at radius 3 is 2.59 bits per heavy atom. The van der Waals surface area contributed by atoms with Crippen molar-refractivity contribution in [1.29, 1.82) is 0 Å². The number of rotatable bonds is 5. The van der Waals surface area contributed by atoms with E-state index in [0.29, 0.717) is 50.7 Å². The molecule has 0 bridgehead atoms. The quantitative estimate of drug-likeness (QED) is 0.575. The molecule has 2 aromatic rings. The number of benzene rings is 2. The molecule has 1 spiro atoms. The number of β-amino-alcohol motifs (C(OH)–C–C–N with tert-alkyl or cyclic N) is 2. The highest BCUT2D eigenvalue weighted by Gasteiger charge is 2.49. The number of carbonyl (C=O) groups excluding carboxylic acids is 1. The number of aliphatic hydroxyl groups excluding tert-OH is 2. The Labute approximate surface area is 220 Å². The van der Waals surface area contributed by atoms with Gasteiger partial charge in [-0.25, -0.2) is 8.78 Å². The zero-order valence-corrected chi connectivity index (χ0v) is 21.2. The number of halogens is 3. The molecule has 2 N–H and O–H groups in total. The van der Waals surface area contributed by atoms with E-state index in [1.807, 2.05) is 12.1 Å². The first kappa shape index (κ1) is 26.1. The monoisotopic (exact) mass is 532 g/mol. The van der Waals surface area contributed by atoms with Gasteiger partial charge in [-0.2, -0.15) is 0 Å². The highest BCUT2D eigenvalue weighted by Crippen LogP contribution is 2.46. The van der Waals surface area contributed by atoms with Gasteiger partial charge in [0.25, 0.3) is 0 Å². The molecule has 0 saturated carbocycles. The zero-order valence-electron chi connectivity index (χ0n) is 20.5. The molecule has 1 amide bonds. The lowest BCUT2D eigenvalue weighted by atomic mass is 9.72. The lowest BCUT2D eigenvalue weighted by Gasteiger charge is -2.44. The number of piperidine rings is 2. The lowest BCUT2D eigenvalue weighted by molar-refractivity contribution is -0.128. The maximum atomic E-state index is 13.3. The summed E-state index contributed by atoms with van der Waals surface area (Å²) >= 11 is 6.09. The summed E-state index contributed by atoms with van der Waals surface area (Å²) in [5.41, 5.74) is 0.842. The molecule has 3 aliphatic rings. The number of likely N-dealkylation sites (tertiary alicyclic amines) is 2. The van der Waals surface area contributed by atoms with Gasteiger partial charge in [0.1, 0.15) is 24.0 Å². The van der Waals surface area contributed by atoms with Crippen LogP contribution in [0.3, 0.4) is 0 Å². The third-order valence-electron chi connectivity index (χ3n) is 8.05. The second kappa shape index (κ2) is 10.7. The summed E-state index contributed by atoms with van der Waals surface area (Å²) in [6, 6.07) is 8.69. The summed E-state index contributed by atoms with van der Waals surface area (Å²) in [5, 5.41) is 22.6. The van der Waals surface area contributed by atoms with Crippen LogP contribution in [0.15, 0.2) is 42.5 Å². The molecule has 0 unspecified atom stereocenters. The summed E-state index contributed by atoms with van der Waals surface area (Å²) in [5.74, 6) is -0.813. The van der Waals surface area contributed by atoms with Crippen molar-refractivity contribution in [3.63, 3.8) is 0 Å². The normalized spacial score (nSPS) is 25.4. The highest BCUT2D eigenvalue weighted by atomic mass is 35.5. The highest BCUT2D eigenvalue weighted by molar-refractivity contribution is 6.30. The Hall–Kier alpha value is -2.52. The van der Waals surface area contributed by atoms with Gasteiger partial charge in [-0.05, 0) is 67.6 Å². The third-order valence-corrected chi connectivity index (χ3v) is 8.29. The molecule has 9 heteroatoms. The van der Waals surface area contributed by atoms with Crippen LogP contribution in [0.4, 0.5) is 8.78 Å². The van der Waals surface area contributed by atoms with Crippen LogP contribution in [0.2, 0.25) is 5.02 Å². The second-order valence-electron chi connectivity index (χ2n) is 10.4. The van der Waals surface area contributed by atoms with Crippen LogP contribution in [-0.2, 0) is 10.2 Å². The van der Waals surface area contributed by atoms with Gasteiger partial charge in [-0.15, -0.1) is 0 Å². The van der Waals surface area contributed by atoms with Crippen molar-refractivity contribution in [3.8, 4) is 5.75 Å². The standard InChI is InChI=1S/C28H31ClF2N2O4/c29-20-2-3-23-25(13-20)37-17-28(23)7-10-32(16-26(28)35)15-24(34)19-5-8-33(9-6-19)27(36)4-1-18-11-21(30)14-22(31)12-18/h1-4,11-14,19,24,26,34-35H,5-10,15-17H2/b4-1+/t24-,26+,28+/m1/s1. The minimum atomic E-state index is -0.690. The minimum absolute atomic E-state index is 0.0519. The predicted octanol–water partition coefficient (Wildman–Crippen LogP) is 3.63. The van der Waals surface area contributed by atoms with Crippen molar-refractivity contribution in [2.45, 2.75) is 36.9 Å². The van der Waals surface area contributed by atoms with Crippen molar-refractivity contribution < 1.29 is 28.5 Å². The molecule has 37 heavy (non-hydrogen) atoms. The number of nitrogens with zero attached hydrogens (tertiary/aromatic N) is 2. The van der Waals surface area contributed by atoms with Crippen LogP contribution in [0.1, 0.15) is 30.4 Å². The molecule has 2 saturated heterocycles. The van der Waals surface area contributed by atoms with E-state index in [1.54, 1.807) is 11.0 Å². The van der Waals surface area contributed by atoms with Crippen LogP contribution in [0.5, 0.6) is 5.75 Å². The summed E-state index contributed by atoms with van der Waals surface area (Å²) < 4.78 is 32.5. The fourth-order valence-corrected chi connectivity index (χ4v) is 6.02. The summed E-state index contributed by atoms with van der Waals surface area (Å²) in [4.78, 5) is 16.3. The Morgan fingerprint density at radius 1 is 1.16 bits per heavy atom. The van der Waals surface area contributed by atoms with Crippen molar-refractivity contribution in [2.75, 3.05) is 39.3 Å². The SMILES string of the molecule is O=C(/C=C/c1cc(F)cc(F)c1)N1CCC([C@H](O)CN2CC[C@@]3(COc4cc(Cl)ccc43)[C@@H](O)C2)CC1. The molecule has 6 nitrogen and oxygen atoms in total. The van der Waals surface area contributed by atoms with Gasteiger partial charge in [0.15, 0.2) is 0 Å². The number of aliphatic hydroxyl groups is 2. The fourth-order valence-electron chi connectivity index (χ4n) is 5.86. The molecule has 0 aliphatic carbocycles. The van der Waals surface area contributed by atoms with E-state index in [9.17, 15) is 23.8 Å². The summed E-state index contributed by atoms with van der Waals surface area (Å²) in [6.45, 7) is 3.09. The first-order valence-corrected chi connectivity index (χ1v) is 13.1. The van der Waals surface area contributed by atoms with Gasteiger partial charge in [-0.3, -0.25) is 9.69 Å². The average Bonchev–Trinajstić information content (AvgIpc) is 3.23. The summed E-state index contributed by atoms with van der Waals surface area (Å²) in [7, 11) is 0. The van der Waals surface area contributed by atoms with Gasteiger partial charge < -0.3 is 19.8 Å². The molecule has 0 aromatic heterocycles. The van der Waals surface area contributed by atoms with Crippen LogP contribution >= 0.6 is 11.6 Å². The van der Waals surface area contributed by atoms with E-state index < -0.39 is 29.3 Å². The largest absolute Gasteiger partial charge is 0.492 e. The Bertz CT molecular complexity index is 1170. The number of hydrogen-bond donors (Lipinski definition) is 2. The van der Waals surface area contributed by atoms with Crippen LogP contribution in [0.25, 0.3) is 6.08 Å². The van der Waals surface area contributed by atoms with Crippen LogP contribution in [0, 0.1) is 17.6 Å². The molecule has 2 aromatic carbocycles. The number of hydrogen-bond acceptors (Lipinski definition) is 5. The third kappa shape index (κ3) is 5.53. The second-order valence-corrected chi connectivity index (χ2v) is 10.8. The van der Waals surface area contributed by atoms with E-state index in [1.165, 1.54) is 24.3 Å². The lowest BCUT2D eigenvalue weighted by Crippen LogP contribution is -2.56. The van der Waals surface area contributed by atoms with Gasteiger partial charge >= 0.3 is 0 Å². The zero-order chi connectivity index (χ0) is 26.2. The number of carbonyl (C=O) groups is 1. The smallest absolute Gasteiger partial charge is 0.246 e. The van der Waals surface area contributed by atoms with Crippen molar-refractivity contribution in [3.05, 3.63) is 70.3 Å². The molecule has 2 fully saturated rings. The predicted molar refractivity (Wildman–Crippen MR) is 136 cm³/mol. The van der Waals surface area contributed by atoms with E-state index in [0.717, 1.165) is 30.3 Å². The van der Waals surface area contributed by atoms with E-state index >= 15 is 0 Å². The minimum Gasteiger partial charge on any atom is -0.492 e. The number of ether oxygens (including phenoxy) is 1. The Morgan fingerprint density at radius 2 is 1.89 bits per heavy atom. The summed E-state index contributed by atoms with van der Waals surface area (Å²) in [6.07, 6.45) is 3.62. The van der Waals surface area contributed by atoms with Gasteiger partial charge in [0.05, 0.1) is 17.6 Å². The van der Waals surface area contributed by atoms with E-state index in [-0.39, 0.29) is 17.4 Å². The van der Waals surface area contributed by atoms with Crippen molar-refractivity contribution >= 4 is 23.6 Å². The Kier molecular flexibility index (Phi) is 7.54. The molecular formula is C28H31ClF2N2O4. The molecule has 0 radical (unpaired) electrons. The van der Waals surface area contributed by atoms with Gasteiger partial charge in [0, 0.05) is 48.9 Å². The van der Waals surface area contributed by atoms with E-state index in [2.05, 4.69) is 4.90 Å². The molecule has 3 aliphatic heterocycles. The average molecular weight is 533 g/mol. The van der Waals surface area contributed by atoms with Crippen LogP contribution in [-0.4, -0.2) is 77.5 Å². The molecular weight excluding hydrogens is 502 g/mol. The van der Waals surface area contributed by atoms with Crippen molar-refractivity contribution in [2.24, 2.45) is 5.92 Å². The van der Waals surface area contributed by atoms with E-state index in [4.69, 9.17) is 16.3 Å². The van der Waals surface area contributed by atoms with Crippen LogP contribution < -0.4 is 4.74 Å². The Balaban J connectivity index is 1.11. The molecule has 3 atom stereocenters.